The lowest BCUT2D eigenvalue weighted by Gasteiger charge is -1.98. The van der Waals surface area contributed by atoms with Crippen molar-refractivity contribution in [3.8, 4) is 0 Å². The van der Waals surface area contributed by atoms with Crippen molar-refractivity contribution in [1.82, 2.24) is 0 Å². The van der Waals surface area contributed by atoms with Gasteiger partial charge in [-0.05, 0) is 12.3 Å². The summed E-state index contributed by atoms with van der Waals surface area (Å²) in [5.41, 5.74) is 0. The van der Waals surface area contributed by atoms with Gasteiger partial charge in [0.25, 0.3) is 0 Å². The lowest BCUT2D eigenvalue weighted by atomic mass is 10.2. The topological polar surface area (TPSA) is 9.23 Å². The average Bonchev–Trinajstić information content (AvgIpc) is 1.61. The Kier molecular flexibility index (Phi) is 4.57. The normalized spacial score (nSPS) is 10.3. The maximum absolute atomic E-state index is 4.95. The molecule has 0 N–H and O–H groups in total. The third kappa shape index (κ3) is 6.25. The standard InChI is InChI=1S/C5H11ClO/c1-5(2)3-4-7-6/h5H,3-4H2,1-2H3. The van der Waals surface area contributed by atoms with E-state index in [9.17, 15) is 0 Å². The molecule has 7 heavy (non-hydrogen) atoms. The van der Waals surface area contributed by atoms with E-state index < -0.39 is 0 Å². The fourth-order valence-corrected chi connectivity index (χ4v) is 0.369. The monoisotopic (exact) mass is 122 g/mol. The van der Waals surface area contributed by atoms with E-state index in [1.54, 1.807) is 0 Å². The van der Waals surface area contributed by atoms with E-state index in [0.717, 1.165) is 6.42 Å². The van der Waals surface area contributed by atoms with Gasteiger partial charge < -0.3 is 0 Å². The Bertz CT molecular complexity index is 37.1. The molecular formula is C5H11ClO. The molecule has 0 saturated carbocycles. The quantitative estimate of drug-likeness (QED) is 0.558. The highest BCUT2D eigenvalue weighted by Gasteiger charge is 1.90. The largest absolute Gasteiger partial charge is 0.279 e. The fourth-order valence-electron chi connectivity index (χ4n) is 0.280. The maximum atomic E-state index is 4.95. The molecule has 0 atom stereocenters. The van der Waals surface area contributed by atoms with Gasteiger partial charge in [0.2, 0.25) is 0 Å². The van der Waals surface area contributed by atoms with Gasteiger partial charge >= 0.3 is 0 Å². The van der Waals surface area contributed by atoms with E-state index in [0.29, 0.717) is 12.5 Å². The van der Waals surface area contributed by atoms with Gasteiger partial charge in [-0.2, -0.15) is 0 Å². The van der Waals surface area contributed by atoms with Gasteiger partial charge in [0.1, 0.15) is 0 Å². The molecule has 0 heterocycles. The van der Waals surface area contributed by atoms with Crippen molar-refractivity contribution < 1.29 is 4.29 Å². The lowest BCUT2D eigenvalue weighted by molar-refractivity contribution is 0.317. The highest BCUT2D eigenvalue weighted by Crippen LogP contribution is 1.98. The first kappa shape index (κ1) is 7.25. The van der Waals surface area contributed by atoms with Crippen LogP contribution in [-0.2, 0) is 4.29 Å². The smallest absolute Gasteiger partial charge is 0.0685 e. The van der Waals surface area contributed by atoms with Gasteiger partial charge in [0.15, 0.2) is 0 Å². The molecule has 0 aliphatic rings. The lowest BCUT2D eigenvalue weighted by Crippen LogP contribution is -1.91. The van der Waals surface area contributed by atoms with E-state index >= 15 is 0 Å². The first-order valence-electron chi connectivity index (χ1n) is 2.51. The molecule has 0 aromatic rings. The molecule has 0 fully saturated rings. The van der Waals surface area contributed by atoms with Gasteiger partial charge in [-0.15, -0.1) is 0 Å². The average molecular weight is 123 g/mol. The van der Waals surface area contributed by atoms with Crippen LogP contribution in [-0.4, -0.2) is 6.61 Å². The minimum absolute atomic E-state index is 0.666. The zero-order valence-corrected chi connectivity index (χ0v) is 5.53. The summed E-state index contributed by atoms with van der Waals surface area (Å²) >= 11 is 4.95. The number of hydrogen-bond acceptors (Lipinski definition) is 1. The van der Waals surface area contributed by atoms with Gasteiger partial charge in [0.05, 0.1) is 18.5 Å². The van der Waals surface area contributed by atoms with Crippen LogP contribution >= 0.6 is 11.9 Å². The van der Waals surface area contributed by atoms with E-state index in [4.69, 9.17) is 11.9 Å². The van der Waals surface area contributed by atoms with Crippen LogP contribution in [0.3, 0.4) is 0 Å². The maximum Gasteiger partial charge on any atom is 0.0685 e. The van der Waals surface area contributed by atoms with E-state index in [-0.39, 0.29) is 0 Å². The molecule has 44 valence electrons. The van der Waals surface area contributed by atoms with Crippen LogP contribution < -0.4 is 0 Å². The number of halogens is 1. The second-order valence-corrected chi connectivity index (χ2v) is 2.21. The summed E-state index contributed by atoms with van der Waals surface area (Å²) in [6.45, 7) is 4.94. The first-order chi connectivity index (χ1) is 3.27. The molecule has 0 unspecified atom stereocenters. The Hall–Kier alpha value is 0.250. The van der Waals surface area contributed by atoms with Crippen molar-refractivity contribution in [1.29, 1.82) is 0 Å². The Morgan fingerprint density at radius 3 is 2.29 bits per heavy atom. The van der Waals surface area contributed by atoms with Crippen LogP contribution in [0.5, 0.6) is 0 Å². The van der Waals surface area contributed by atoms with Crippen LogP contribution in [0.25, 0.3) is 0 Å². The van der Waals surface area contributed by atoms with Crippen molar-refractivity contribution >= 4 is 11.9 Å². The van der Waals surface area contributed by atoms with Gasteiger partial charge in [-0.3, -0.25) is 4.29 Å². The Morgan fingerprint density at radius 1 is 1.57 bits per heavy atom. The predicted octanol–water partition coefficient (Wildman–Crippen LogP) is 2.20. The third-order valence-corrected chi connectivity index (χ3v) is 0.927. The molecule has 1 nitrogen and oxygen atoms in total. The van der Waals surface area contributed by atoms with Gasteiger partial charge in [-0.1, -0.05) is 13.8 Å². The zero-order chi connectivity index (χ0) is 5.70. The first-order valence-corrected chi connectivity index (χ1v) is 2.81. The molecule has 0 spiro atoms. The van der Waals surface area contributed by atoms with E-state index in [1.165, 1.54) is 0 Å². The molecule has 0 bridgehead atoms. The molecule has 2 heteroatoms. The van der Waals surface area contributed by atoms with Crippen molar-refractivity contribution in [2.45, 2.75) is 20.3 Å². The summed E-state index contributed by atoms with van der Waals surface area (Å²) in [5.74, 6) is 0.693. The third-order valence-electron chi connectivity index (χ3n) is 0.772. The number of hydrogen-bond donors (Lipinski definition) is 0. The zero-order valence-electron chi connectivity index (χ0n) is 4.78. The van der Waals surface area contributed by atoms with Crippen molar-refractivity contribution in [3.05, 3.63) is 0 Å². The second kappa shape index (κ2) is 4.41. The molecule has 0 rings (SSSR count). The molecule has 0 aliphatic heterocycles. The molecule has 0 aliphatic carbocycles. The Balaban J connectivity index is 2.68. The summed E-state index contributed by atoms with van der Waals surface area (Å²) in [7, 11) is 0. The minimum atomic E-state index is 0.666. The van der Waals surface area contributed by atoms with Crippen LogP contribution in [0.4, 0.5) is 0 Å². The van der Waals surface area contributed by atoms with Crippen LogP contribution in [0.2, 0.25) is 0 Å². The summed E-state index contributed by atoms with van der Waals surface area (Å²) in [6, 6.07) is 0. The molecule has 0 amide bonds. The molecule has 0 saturated heterocycles. The molecule has 0 radical (unpaired) electrons. The SMILES string of the molecule is CC(C)CCOCl. The van der Waals surface area contributed by atoms with Crippen LogP contribution in [0.15, 0.2) is 0 Å². The summed E-state index contributed by atoms with van der Waals surface area (Å²) < 4.78 is 4.32. The highest BCUT2D eigenvalue weighted by atomic mass is 35.5. The summed E-state index contributed by atoms with van der Waals surface area (Å²) in [5, 5.41) is 0. The summed E-state index contributed by atoms with van der Waals surface area (Å²) in [6.07, 6.45) is 1.05. The summed E-state index contributed by atoms with van der Waals surface area (Å²) in [4.78, 5) is 0. The van der Waals surface area contributed by atoms with Gasteiger partial charge in [-0.25, -0.2) is 0 Å². The fraction of sp³-hybridized carbons (Fsp3) is 1.00. The minimum Gasteiger partial charge on any atom is -0.279 e. The molecular weight excluding hydrogens is 112 g/mol. The van der Waals surface area contributed by atoms with E-state index in [1.807, 2.05) is 0 Å². The van der Waals surface area contributed by atoms with Crippen molar-refractivity contribution in [3.63, 3.8) is 0 Å². The Morgan fingerprint density at radius 2 is 2.14 bits per heavy atom. The van der Waals surface area contributed by atoms with Crippen LogP contribution in [0, 0.1) is 5.92 Å². The highest BCUT2D eigenvalue weighted by molar-refractivity contribution is 6.07. The van der Waals surface area contributed by atoms with Crippen LogP contribution in [0.1, 0.15) is 20.3 Å². The van der Waals surface area contributed by atoms with Gasteiger partial charge in [0, 0.05) is 0 Å². The van der Waals surface area contributed by atoms with E-state index in [2.05, 4.69) is 18.1 Å². The second-order valence-electron chi connectivity index (χ2n) is 2.00. The predicted molar refractivity (Wildman–Crippen MR) is 31.3 cm³/mol. The van der Waals surface area contributed by atoms with Crippen molar-refractivity contribution in [2.75, 3.05) is 6.61 Å². The molecule has 0 aromatic heterocycles. The van der Waals surface area contributed by atoms with Crippen molar-refractivity contribution in [2.24, 2.45) is 5.92 Å². The number of rotatable bonds is 3. The molecule has 0 aromatic carbocycles. The Labute approximate surface area is 49.8 Å².